The standard InChI is InChI=1S/C8H14NO/c9-8(4-5-8)6-2-1-3-7(6)10/h1,6-7,10H,2-5,9H2. The predicted molar refractivity (Wildman–Crippen MR) is 39.2 cm³/mol. The van der Waals surface area contributed by atoms with Crippen molar-refractivity contribution in [2.45, 2.75) is 37.3 Å². The van der Waals surface area contributed by atoms with Crippen LogP contribution in [0, 0.1) is 12.3 Å². The van der Waals surface area contributed by atoms with Crippen LogP contribution in [0.2, 0.25) is 0 Å². The Balaban J connectivity index is 2.03. The van der Waals surface area contributed by atoms with Crippen LogP contribution in [0.3, 0.4) is 0 Å². The zero-order chi connectivity index (χ0) is 7.19. The van der Waals surface area contributed by atoms with Gasteiger partial charge in [-0.2, -0.15) is 0 Å². The summed E-state index contributed by atoms with van der Waals surface area (Å²) in [7, 11) is 0. The van der Waals surface area contributed by atoms with Gasteiger partial charge >= 0.3 is 0 Å². The third kappa shape index (κ3) is 0.867. The summed E-state index contributed by atoms with van der Waals surface area (Å²) in [5.74, 6) is 0.368. The summed E-state index contributed by atoms with van der Waals surface area (Å²) in [6, 6.07) is 0. The molecule has 2 atom stereocenters. The van der Waals surface area contributed by atoms with Gasteiger partial charge in [0.1, 0.15) is 0 Å². The molecular weight excluding hydrogens is 126 g/mol. The molecule has 2 rings (SSSR count). The number of aliphatic hydroxyl groups excluding tert-OH is 1. The fourth-order valence-corrected chi connectivity index (χ4v) is 1.90. The Bertz CT molecular complexity index is 142. The molecule has 2 aliphatic rings. The van der Waals surface area contributed by atoms with Crippen LogP contribution in [0.25, 0.3) is 0 Å². The molecule has 0 aromatic heterocycles. The van der Waals surface area contributed by atoms with E-state index in [-0.39, 0.29) is 11.6 Å². The average molecular weight is 140 g/mol. The molecule has 0 amide bonds. The summed E-state index contributed by atoms with van der Waals surface area (Å²) < 4.78 is 0. The molecule has 0 bridgehead atoms. The highest BCUT2D eigenvalue weighted by Gasteiger charge is 2.49. The van der Waals surface area contributed by atoms with Crippen molar-refractivity contribution in [2.24, 2.45) is 11.7 Å². The van der Waals surface area contributed by atoms with Gasteiger partial charge in [-0.1, -0.05) is 0 Å². The van der Waals surface area contributed by atoms with E-state index in [1.807, 2.05) is 0 Å². The first-order chi connectivity index (χ1) is 4.72. The molecule has 1 radical (unpaired) electrons. The zero-order valence-electron chi connectivity index (χ0n) is 6.09. The lowest BCUT2D eigenvalue weighted by Gasteiger charge is -2.20. The summed E-state index contributed by atoms with van der Waals surface area (Å²) >= 11 is 0. The summed E-state index contributed by atoms with van der Waals surface area (Å²) in [5, 5.41) is 9.45. The van der Waals surface area contributed by atoms with Crippen LogP contribution in [-0.2, 0) is 0 Å². The van der Waals surface area contributed by atoms with Crippen molar-refractivity contribution in [3.05, 3.63) is 6.42 Å². The molecule has 0 spiro atoms. The molecule has 2 saturated carbocycles. The largest absolute Gasteiger partial charge is 0.393 e. The minimum absolute atomic E-state index is 0.0203. The number of aliphatic hydroxyl groups is 1. The maximum absolute atomic E-state index is 9.45. The average Bonchev–Trinajstić information content (AvgIpc) is 2.44. The van der Waals surface area contributed by atoms with Crippen molar-refractivity contribution < 1.29 is 5.11 Å². The maximum atomic E-state index is 9.45. The Morgan fingerprint density at radius 1 is 1.40 bits per heavy atom. The Morgan fingerprint density at radius 3 is 2.50 bits per heavy atom. The van der Waals surface area contributed by atoms with Gasteiger partial charge in [-0.05, 0) is 32.1 Å². The van der Waals surface area contributed by atoms with E-state index in [1.54, 1.807) is 0 Å². The van der Waals surface area contributed by atoms with E-state index in [0.29, 0.717) is 5.92 Å². The van der Waals surface area contributed by atoms with Crippen LogP contribution in [0.15, 0.2) is 0 Å². The third-order valence-corrected chi connectivity index (χ3v) is 2.86. The third-order valence-electron chi connectivity index (χ3n) is 2.86. The lowest BCUT2D eigenvalue weighted by Crippen LogP contribution is -2.36. The Kier molecular flexibility index (Phi) is 1.29. The van der Waals surface area contributed by atoms with Crippen LogP contribution in [0.5, 0.6) is 0 Å². The van der Waals surface area contributed by atoms with Crippen LogP contribution in [-0.4, -0.2) is 16.7 Å². The fourth-order valence-electron chi connectivity index (χ4n) is 1.90. The maximum Gasteiger partial charge on any atom is 0.0588 e. The highest BCUT2D eigenvalue weighted by atomic mass is 16.3. The van der Waals surface area contributed by atoms with Gasteiger partial charge in [0.2, 0.25) is 0 Å². The van der Waals surface area contributed by atoms with E-state index in [9.17, 15) is 5.11 Å². The van der Waals surface area contributed by atoms with Gasteiger partial charge in [0.25, 0.3) is 0 Å². The molecule has 2 heteroatoms. The van der Waals surface area contributed by atoms with Gasteiger partial charge in [-0.3, -0.25) is 0 Å². The molecule has 0 saturated heterocycles. The van der Waals surface area contributed by atoms with E-state index in [2.05, 4.69) is 6.42 Å². The summed E-state index contributed by atoms with van der Waals surface area (Å²) in [6.07, 6.45) is 6.11. The monoisotopic (exact) mass is 140 g/mol. The first-order valence-electron chi connectivity index (χ1n) is 4.01. The zero-order valence-corrected chi connectivity index (χ0v) is 6.09. The van der Waals surface area contributed by atoms with E-state index < -0.39 is 0 Å². The first-order valence-corrected chi connectivity index (χ1v) is 4.01. The van der Waals surface area contributed by atoms with Gasteiger partial charge in [0.05, 0.1) is 6.10 Å². The molecule has 3 N–H and O–H groups in total. The van der Waals surface area contributed by atoms with E-state index >= 15 is 0 Å². The highest BCUT2D eigenvalue weighted by molar-refractivity contribution is 5.10. The van der Waals surface area contributed by atoms with Gasteiger partial charge in [-0.15, -0.1) is 0 Å². The molecular formula is C8H14NO. The molecule has 0 heterocycles. The Hall–Kier alpha value is -0.0800. The lowest BCUT2D eigenvalue weighted by atomic mass is 9.95. The highest BCUT2D eigenvalue weighted by Crippen LogP contribution is 2.46. The molecule has 10 heavy (non-hydrogen) atoms. The number of hydrogen-bond donors (Lipinski definition) is 2. The first kappa shape index (κ1) is 6.62. The number of nitrogens with two attached hydrogens (primary N) is 1. The number of hydrogen-bond acceptors (Lipinski definition) is 2. The summed E-state index contributed by atoms with van der Waals surface area (Å²) in [6.45, 7) is 0. The van der Waals surface area contributed by atoms with E-state index in [4.69, 9.17) is 5.73 Å². The molecule has 57 valence electrons. The lowest BCUT2D eigenvalue weighted by molar-refractivity contribution is 0.113. The van der Waals surface area contributed by atoms with Gasteiger partial charge < -0.3 is 10.8 Å². The van der Waals surface area contributed by atoms with Crippen molar-refractivity contribution in [3.63, 3.8) is 0 Å². The summed E-state index contributed by atoms with van der Waals surface area (Å²) in [5.41, 5.74) is 5.98. The van der Waals surface area contributed by atoms with Gasteiger partial charge in [0, 0.05) is 11.5 Å². The topological polar surface area (TPSA) is 46.2 Å². The fraction of sp³-hybridized carbons (Fsp3) is 0.875. The van der Waals surface area contributed by atoms with Crippen molar-refractivity contribution in [3.8, 4) is 0 Å². The predicted octanol–water partition coefficient (Wildman–Crippen LogP) is 0.453. The minimum Gasteiger partial charge on any atom is -0.393 e. The quantitative estimate of drug-likeness (QED) is 0.555. The van der Waals surface area contributed by atoms with Crippen LogP contribution < -0.4 is 5.73 Å². The second-order valence-corrected chi connectivity index (χ2v) is 3.67. The van der Waals surface area contributed by atoms with Gasteiger partial charge in [-0.25, -0.2) is 0 Å². The molecule has 0 aliphatic heterocycles. The smallest absolute Gasteiger partial charge is 0.0588 e. The molecule has 0 aromatic carbocycles. The van der Waals surface area contributed by atoms with E-state index in [1.165, 1.54) is 0 Å². The molecule has 0 aromatic rings. The van der Waals surface area contributed by atoms with Gasteiger partial charge in [0.15, 0.2) is 0 Å². The van der Waals surface area contributed by atoms with Crippen molar-refractivity contribution in [2.75, 3.05) is 0 Å². The van der Waals surface area contributed by atoms with Crippen molar-refractivity contribution in [1.82, 2.24) is 0 Å². The van der Waals surface area contributed by atoms with Crippen molar-refractivity contribution >= 4 is 0 Å². The van der Waals surface area contributed by atoms with E-state index in [0.717, 1.165) is 25.7 Å². The molecule has 2 unspecified atom stereocenters. The molecule has 2 fully saturated rings. The molecule has 2 nitrogen and oxygen atoms in total. The Morgan fingerprint density at radius 2 is 2.10 bits per heavy atom. The second-order valence-electron chi connectivity index (χ2n) is 3.67. The normalized spacial score (nSPS) is 43.8. The Labute approximate surface area is 61.4 Å². The second kappa shape index (κ2) is 1.95. The minimum atomic E-state index is -0.146. The van der Waals surface area contributed by atoms with Crippen LogP contribution in [0.1, 0.15) is 25.7 Å². The van der Waals surface area contributed by atoms with Crippen LogP contribution in [0.4, 0.5) is 0 Å². The van der Waals surface area contributed by atoms with Crippen LogP contribution >= 0.6 is 0 Å². The SMILES string of the molecule is NC1(C2C[CH]CC2O)CC1. The number of rotatable bonds is 1. The molecule has 2 aliphatic carbocycles. The summed E-state index contributed by atoms with van der Waals surface area (Å²) in [4.78, 5) is 0. The van der Waals surface area contributed by atoms with Crippen molar-refractivity contribution in [1.29, 1.82) is 0 Å².